The number of nitrogens with one attached hydrogen (secondary N) is 1. The molecular weight excluding hydrogens is 390 g/mol. The van der Waals surface area contributed by atoms with Crippen LogP contribution in [0.4, 0.5) is 10.5 Å². The van der Waals surface area contributed by atoms with E-state index < -0.39 is 6.09 Å². The summed E-state index contributed by atoms with van der Waals surface area (Å²) in [6, 6.07) is 16.4. The lowest BCUT2D eigenvalue weighted by Gasteiger charge is -2.30. The van der Waals surface area contributed by atoms with Crippen molar-refractivity contribution < 1.29 is 14.3 Å². The molecule has 6 heteroatoms. The second-order valence-electron chi connectivity index (χ2n) is 8.06. The van der Waals surface area contributed by atoms with Crippen LogP contribution in [0.3, 0.4) is 0 Å². The first kappa shape index (κ1) is 20.8. The first-order valence-electron chi connectivity index (χ1n) is 10.8. The molecule has 0 bridgehead atoms. The van der Waals surface area contributed by atoms with E-state index in [1.54, 1.807) is 0 Å². The number of hydrogen-bond acceptors (Lipinski definition) is 4. The molecule has 1 N–H and O–H groups in total. The summed E-state index contributed by atoms with van der Waals surface area (Å²) in [6.07, 6.45) is 2.75. The summed E-state index contributed by atoms with van der Waals surface area (Å²) >= 11 is 0. The predicted molar refractivity (Wildman–Crippen MR) is 121 cm³/mol. The van der Waals surface area contributed by atoms with Crippen molar-refractivity contribution in [1.82, 2.24) is 4.57 Å². The number of rotatable bonds is 6. The number of ether oxygens (including phenoxy) is 2. The molecule has 0 spiro atoms. The molecule has 160 valence electrons. The normalized spacial score (nSPS) is 13.6. The SMILES string of the molecule is CCOc1ccc2c(c1)c(C#N)c(-c1ccc(NC(=O)OC(C)C)cc1)n2C1CCC1. The quantitative estimate of drug-likeness (QED) is 0.513. The molecule has 3 aromatic rings. The third-order valence-corrected chi connectivity index (χ3v) is 5.58. The highest BCUT2D eigenvalue weighted by molar-refractivity contribution is 5.96. The molecule has 1 aliphatic carbocycles. The lowest BCUT2D eigenvalue weighted by atomic mass is 9.92. The van der Waals surface area contributed by atoms with Crippen molar-refractivity contribution in [3.63, 3.8) is 0 Å². The number of amides is 1. The van der Waals surface area contributed by atoms with Crippen LogP contribution in [0.25, 0.3) is 22.2 Å². The Morgan fingerprint density at radius 3 is 2.55 bits per heavy atom. The molecule has 1 aromatic heterocycles. The van der Waals surface area contributed by atoms with E-state index in [0.29, 0.717) is 23.9 Å². The van der Waals surface area contributed by atoms with E-state index in [2.05, 4.69) is 22.0 Å². The summed E-state index contributed by atoms with van der Waals surface area (Å²) in [6.45, 7) is 6.15. The van der Waals surface area contributed by atoms with Gasteiger partial charge in [0, 0.05) is 17.1 Å². The van der Waals surface area contributed by atoms with Gasteiger partial charge in [0.1, 0.15) is 11.8 Å². The van der Waals surface area contributed by atoms with Gasteiger partial charge in [0.2, 0.25) is 0 Å². The van der Waals surface area contributed by atoms with Gasteiger partial charge in [-0.1, -0.05) is 12.1 Å². The monoisotopic (exact) mass is 417 g/mol. The molecule has 0 radical (unpaired) electrons. The van der Waals surface area contributed by atoms with E-state index >= 15 is 0 Å². The fraction of sp³-hybridized carbons (Fsp3) is 0.360. The largest absolute Gasteiger partial charge is 0.494 e. The maximum Gasteiger partial charge on any atom is 0.411 e. The summed E-state index contributed by atoms with van der Waals surface area (Å²) in [5.41, 5.74) is 4.23. The van der Waals surface area contributed by atoms with Gasteiger partial charge in [0.15, 0.2) is 0 Å². The van der Waals surface area contributed by atoms with E-state index in [4.69, 9.17) is 9.47 Å². The molecule has 1 aliphatic rings. The maximum atomic E-state index is 11.9. The molecule has 1 fully saturated rings. The van der Waals surface area contributed by atoms with Crippen LogP contribution in [0.5, 0.6) is 5.75 Å². The summed E-state index contributed by atoms with van der Waals surface area (Å²) in [4.78, 5) is 11.9. The second kappa shape index (κ2) is 8.73. The minimum Gasteiger partial charge on any atom is -0.494 e. The number of carbonyl (C=O) groups excluding carboxylic acids is 1. The van der Waals surface area contributed by atoms with Gasteiger partial charge in [-0.2, -0.15) is 5.26 Å². The molecule has 2 aromatic carbocycles. The number of benzene rings is 2. The molecule has 0 atom stereocenters. The van der Waals surface area contributed by atoms with Crippen LogP contribution >= 0.6 is 0 Å². The topological polar surface area (TPSA) is 76.3 Å². The van der Waals surface area contributed by atoms with Crippen molar-refractivity contribution >= 4 is 22.7 Å². The number of anilines is 1. The predicted octanol–water partition coefficient (Wildman–Crippen LogP) is 6.26. The number of aromatic nitrogens is 1. The standard InChI is InChI=1S/C25H27N3O3/c1-4-30-20-12-13-23-21(14-20)22(15-26)24(28(23)19-6-5-7-19)17-8-10-18(11-9-17)27-25(29)31-16(2)3/h8-14,16,19H,4-7H2,1-3H3,(H,27,29). The van der Waals surface area contributed by atoms with Crippen molar-refractivity contribution in [2.75, 3.05) is 11.9 Å². The molecule has 6 nitrogen and oxygen atoms in total. The Morgan fingerprint density at radius 1 is 1.23 bits per heavy atom. The third-order valence-electron chi connectivity index (χ3n) is 5.58. The summed E-state index contributed by atoms with van der Waals surface area (Å²) in [7, 11) is 0. The number of nitrogens with zero attached hydrogens (tertiary/aromatic N) is 2. The molecule has 1 amide bonds. The van der Waals surface area contributed by atoms with Crippen molar-refractivity contribution in [1.29, 1.82) is 5.26 Å². The molecule has 1 saturated carbocycles. The van der Waals surface area contributed by atoms with Gasteiger partial charge in [-0.3, -0.25) is 5.32 Å². The van der Waals surface area contributed by atoms with Crippen LogP contribution in [0.2, 0.25) is 0 Å². The minimum atomic E-state index is -0.479. The Labute approximate surface area is 182 Å². The van der Waals surface area contributed by atoms with Gasteiger partial charge in [0.05, 0.1) is 29.5 Å². The van der Waals surface area contributed by atoms with Crippen LogP contribution in [0.1, 0.15) is 51.6 Å². The van der Waals surface area contributed by atoms with Gasteiger partial charge in [-0.15, -0.1) is 0 Å². The first-order chi connectivity index (χ1) is 15.0. The second-order valence-corrected chi connectivity index (χ2v) is 8.06. The van der Waals surface area contributed by atoms with Gasteiger partial charge < -0.3 is 14.0 Å². The Hall–Kier alpha value is -3.46. The zero-order chi connectivity index (χ0) is 22.0. The average Bonchev–Trinajstić information content (AvgIpc) is 3.00. The van der Waals surface area contributed by atoms with E-state index in [1.807, 2.05) is 57.2 Å². The van der Waals surface area contributed by atoms with E-state index in [1.165, 1.54) is 6.42 Å². The van der Waals surface area contributed by atoms with Gasteiger partial charge in [-0.25, -0.2) is 4.79 Å². The van der Waals surface area contributed by atoms with Gasteiger partial charge >= 0.3 is 6.09 Å². The minimum absolute atomic E-state index is 0.183. The Kier molecular flexibility index (Phi) is 5.85. The van der Waals surface area contributed by atoms with Gasteiger partial charge in [-0.05, 0) is 75.9 Å². The highest BCUT2D eigenvalue weighted by Gasteiger charge is 2.28. The lowest BCUT2D eigenvalue weighted by molar-refractivity contribution is 0.130. The number of hydrogen-bond donors (Lipinski definition) is 1. The molecule has 0 unspecified atom stereocenters. The molecular formula is C25H27N3O3. The average molecular weight is 418 g/mol. The van der Waals surface area contributed by atoms with Crippen LogP contribution in [0.15, 0.2) is 42.5 Å². The Balaban J connectivity index is 1.77. The molecule has 1 heterocycles. The van der Waals surface area contributed by atoms with Crippen LogP contribution in [-0.4, -0.2) is 23.4 Å². The summed E-state index contributed by atoms with van der Waals surface area (Å²) < 4.78 is 13.1. The summed E-state index contributed by atoms with van der Waals surface area (Å²) in [5, 5.41) is 13.7. The van der Waals surface area contributed by atoms with Crippen LogP contribution in [-0.2, 0) is 4.74 Å². The molecule has 31 heavy (non-hydrogen) atoms. The summed E-state index contributed by atoms with van der Waals surface area (Å²) in [5.74, 6) is 0.770. The number of nitriles is 1. The van der Waals surface area contributed by atoms with Gasteiger partial charge in [0.25, 0.3) is 0 Å². The van der Waals surface area contributed by atoms with E-state index in [-0.39, 0.29) is 6.10 Å². The fourth-order valence-corrected chi connectivity index (χ4v) is 4.04. The number of fused-ring (bicyclic) bond motifs is 1. The fourth-order valence-electron chi connectivity index (χ4n) is 4.04. The molecule has 0 saturated heterocycles. The van der Waals surface area contributed by atoms with Crippen LogP contribution < -0.4 is 10.1 Å². The van der Waals surface area contributed by atoms with Crippen molar-refractivity contribution in [3.05, 3.63) is 48.0 Å². The van der Waals surface area contributed by atoms with E-state index in [0.717, 1.165) is 40.8 Å². The number of carbonyl (C=O) groups is 1. The van der Waals surface area contributed by atoms with E-state index in [9.17, 15) is 10.1 Å². The van der Waals surface area contributed by atoms with Crippen molar-refractivity contribution in [2.45, 2.75) is 52.2 Å². The molecule has 0 aliphatic heterocycles. The zero-order valence-electron chi connectivity index (χ0n) is 18.1. The smallest absolute Gasteiger partial charge is 0.411 e. The maximum absolute atomic E-state index is 11.9. The van der Waals surface area contributed by atoms with Crippen molar-refractivity contribution in [2.24, 2.45) is 0 Å². The molecule has 4 rings (SSSR count). The highest BCUT2D eigenvalue weighted by Crippen LogP contribution is 2.43. The third kappa shape index (κ3) is 4.09. The van der Waals surface area contributed by atoms with Crippen LogP contribution in [0, 0.1) is 11.3 Å². The highest BCUT2D eigenvalue weighted by atomic mass is 16.6. The first-order valence-corrected chi connectivity index (χ1v) is 10.8. The Bertz CT molecular complexity index is 1140. The lowest BCUT2D eigenvalue weighted by Crippen LogP contribution is -2.18. The van der Waals surface area contributed by atoms with Crippen molar-refractivity contribution in [3.8, 4) is 23.1 Å². The zero-order valence-corrected chi connectivity index (χ0v) is 18.1. The Morgan fingerprint density at radius 2 is 1.97 bits per heavy atom.